The third-order valence-corrected chi connectivity index (χ3v) is 7.39. The van der Waals surface area contributed by atoms with Gasteiger partial charge in [-0.15, -0.1) is 0 Å². The maximum Gasteiger partial charge on any atom is 0.225 e. The summed E-state index contributed by atoms with van der Waals surface area (Å²) in [4.78, 5) is 1.58. The topological polar surface area (TPSA) is 41.6 Å². The standard InChI is InChI=1S/C21H27ClN4O/c1-15-6-7-17(14-19(15)22)26-21(25-10-12-27-13-11-25)18(16-4-2-3-5-16)8-9-20(21)23-24-26/h4,6-7,14,18,20H,2-3,5,8-13H2,1H3/p+1/t18-,20-,21+/m1/s1. The summed E-state index contributed by atoms with van der Waals surface area (Å²) in [6, 6.07) is 6.57. The highest BCUT2D eigenvalue weighted by molar-refractivity contribution is 6.31. The van der Waals surface area contributed by atoms with Gasteiger partial charge in [-0.1, -0.05) is 34.5 Å². The molecule has 1 saturated carbocycles. The first kappa shape index (κ1) is 17.7. The molecule has 0 bridgehead atoms. The first-order valence-corrected chi connectivity index (χ1v) is 10.7. The number of fused-ring (bicyclic) bond motifs is 1. The molecule has 3 atom stereocenters. The molecule has 2 aliphatic heterocycles. The van der Waals surface area contributed by atoms with Crippen molar-refractivity contribution in [2.24, 2.45) is 16.3 Å². The molecule has 2 heterocycles. The summed E-state index contributed by atoms with van der Waals surface area (Å²) in [6.07, 6.45) is 8.55. The van der Waals surface area contributed by atoms with Crippen molar-refractivity contribution in [3.8, 4) is 0 Å². The number of nitrogens with one attached hydrogen (secondary N) is 1. The third kappa shape index (κ3) is 2.66. The van der Waals surface area contributed by atoms with Crippen molar-refractivity contribution in [3.63, 3.8) is 0 Å². The number of hydrogen-bond donors (Lipinski definition) is 1. The van der Waals surface area contributed by atoms with Gasteiger partial charge in [0.25, 0.3) is 0 Å². The van der Waals surface area contributed by atoms with Crippen LogP contribution in [0.5, 0.6) is 0 Å². The minimum atomic E-state index is -0.126. The highest BCUT2D eigenvalue weighted by Gasteiger charge is 2.66. The average Bonchev–Trinajstić information content (AvgIpc) is 3.40. The summed E-state index contributed by atoms with van der Waals surface area (Å²) >= 11 is 6.49. The van der Waals surface area contributed by atoms with E-state index in [1.807, 2.05) is 6.92 Å². The summed E-state index contributed by atoms with van der Waals surface area (Å²) in [5.41, 5.74) is 3.68. The Morgan fingerprint density at radius 1 is 1.26 bits per heavy atom. The summed E-state index contributed by atoms with van der Waals surface area (Å²) in [7, 11) is 0. The van der Waals surface area contributed by atoms with Crippen molar-refractivity contribution < 1.29 is 9.64 Å². The predicted molar refractivity (Wildman–Crippen MR) is 106 cm³/mol. The lowest BCUT2D eigenvalue weighted by Gasteiger charge is -2.47. The molecule has 2 aliphatic carbocycles. The van der Waals surface area contributed by atoms with E-state index >= 15 is 0 Å². The number of benzene rings is 1. The molecule has 1 aromatic rings. The van der Waals surface area contributed by atoms with E-state index in [2.05, 4.69) is 29.3 Å². The minimum absolute atomic E-state index is 0.126. The lowest BCUT2D eigenvalue weighted by molar-refractivity contribution is -0.961. The molecule has 5 nitrogen and oxygen atoms in total. The Labute approximate surface area is 166 Å². The van der Waals surface area contributed by atoms with Gasteiger partial charge >= 0.3 is 0 Å². The Morgan fingerprint density at radius 2 is 2.11 bits per heavy atom. The highest BCUT2D eigenvalue weighted by atomic mass is 35.5. The lowest BCUT2D eigenvalue weighted by atomic mass is 9.84. The normalized spacial score (nSPS) is 33.6. The van der Waals surface area contributed by atoms with Crippen LogP contribution in [0.15, 0.2) is 40.2 Å². The quantitative estimate of drug-likeness (QED) is 0.808. The van der Waals surface area contributed by atoms with Crippen LogP contribution < -0.4 is 9.91 Å². The van der Waals surface area contributed by atoms with Crippen LogP contribution in [0.3, 0.4) is 0 Å². The van der Waals surface area contributed by atoms with E-state index in [4.69, 9.17) is 26.7 Å². The molecule has 0 aromatic heterocycles. The van der Waals surface area contributed by atoms with Crippen LogP contribution in [-0.2, 0) is 4.74 Å². The SMILES string of the molecule is Cc1ccc(N2N=N[C@@H]3CC[C@H](C4=CCCC4)[C@@]32[NH+]2CCOCC2)cc1Cl. The second-order valence-electron chi connectivity index (χ2n) is 8.31. The number of rotatable bonds is 3. The van der Waals surface area contributed by atoms with Crippen molar-refractivity contribution in [1.82, 2.24) is 0 Å². The molecule has 1 aromatic carbocycles. The minimum Gasteiger partial charge on any atom is -0.370 e. The van der Waals surface area contributed by atoms with Crippen LogP contribution in [0.25, 0.3) is 0 Å². The second-order valence-corrected chi connectivity index (χ2v) is 8.72. The highest BCUT2D eigenvalue weighted by Crippen LogP contribution is 2.50. The van der Waals surface area contributed by atoms with E-state index in [1.54, 1.807) is 10.5 Å². The molecule has 1 N–H and O–H groups in total. The zero-order chi connectivity index (χ0) is 18.4. The Bertz CT molecular complexity index is 788. The predicted octanol–water partition coefficient (Wildman–Crippen LogP) is 3.34. The number of halogens is 1. The van der Waals surface area contributed by atoms with Gasteiger partial charge in [-0.25, -0.2) is 0 Å². The summed E-state index contributed by atoms with van der Waals surface area (Å²) in [5, 5.41) is 12.6. The Balaban J connectivity index is 1.62. The fraction of sp³-hybridized carbons (Fsp3) is 0.619. The summed E-state index contributed by atoms with van der Waals surface area (Å²) in [5.74, 6) is 0.508. The van der Waals surface area contributed by atoms with Gasteiger partial charge in [-0.05, 0) is 56.7 Å². The van der Waals surface area contributed by atoms with Gasteiger partial charge in [0.2, 0.25) is 5.66 Å². The molecule has 0 amide bonds. The Hall–Kier alpha value is -1.43. The van der Waals surface area contributed by atoms with Crippen LogP contribution in [0.2, 0.25) is 5.02 Å². The van der Waals surface area contributed by atoms with Crippen LogP contribution in [0.4, 0.5) is 5.69 Å². The molecule has 0 spiro atoms. The molecular formula is C21H28ClN4O+. The smallest absolute Gasteiger partial charge is 0.225 e. The van der Waals surface area contributed by atoms with Crippen LogP contribution >= 0.6 is 11.6 Å². The first-order valence-electron chi connectivity index (χ1n) is 10.3. The molecule has 144 valence electrons. The zero-order valence-corrected chi connectivity index (χ0v) is 16.7. The molecule has 1 saturated heterocycles. The van der Waals surface area contributed by atoms with Gasteiger partial charge in [0.1, 0.15) is 19.1 Å². The number of quaternary nitrogens is 1. The molecular weight excluding hydrogens is 360 g/mol. The van der Waals surface area contributed by atoms with Gasteiger partial charge in [0, 0.05) is 5.02 Å². The van der Waals surface area contributed by atoms with Crippen LogP contribution in [0.1, 0.15) is 37.7 Å². The maximum atomic E-state index is 6.49. The number of allylic oxidation sites excluding steroid dienone is 1. The van der Waals surface area contributed by atoms with Gasteiger partial charge in [0.05, 0.1) is 24.8 Å². The number of nitrogens with zero attached hydrogens (tertiary/aromatic N) is 3. The molecule has 5 rings (SSSR count). The summed E-state index contributed by atoms with van der Waals surface area (Å²) < 4.78 is 5.70. The van der Waals surface area contributed by atoms with Gasteiger partial charge in [0.15, 0.2) is 0 Å². The van der Waals surface area contributed by atoms with E-state index in [1.165, 1.54) is 25.7 Å². The fourth-order valence-electron chi connectivity index (χ4n) is 5.73. The number of hydrogen-bond acceptors (Lipinski definition) is 4. The van der Waals surface area contributed by atoms with E-state index < -0.39 is 0 Å². The molecule has 6 heteroatoms. The van der Waals surface area contributed by atoms with Gasteiger partial charge in [-0.3, -0.25) is 0 Å². The van der Waals surface area contributed by atoms with E-state index in [0.29, 0.717) is 5.92 Å². The summed E-state index contributed by atoms with van der Waals surface area (Å²) in [6.45, 7) is 5.71. The number of anilines is 1. The van der Waals surface area contributed by atoms with Gasteiger partial charge in [-0.2, -0.15) is 10.1 Å². The van der Waals surface area contributed by atoms with E-state index in [0.717, 1.165) is 49.0 Å². The van der Waals surface area contributed by atoms with Crippen LogP contribution in [-0.4, -0.2) is 38.0 Å². The number of morpholine rings is 1. The largest absolute Gasteiger partial charge is 0.370 e. The monoisotopic (exact) mass is 387 g/mol. The third-order valence-electron chi connectivity index (χ3n) is 6.99. The molecule has 0 unspecified atom stereocenters. The van der Waals surface area contributed by atoms with E-state index in [-0.39, 0.29) is 11.7 Å². The molecule has 2 fully saturated rings. The Kier molecular flexibility index (Phi) is 4.49. The fourth-order valence-corrected chi connectivity index (χ4v) is 5.90. The van der Waals surface area contributed by atoms with E-state index in [9.17, 15) is 0 Å². The van der Waals surface area contributed by atoms with Crippen molar-refractivity contribution >= 4 is 17.3 Å². The molecule has 4 aliphatic rings. The second kappa shape index (κ2) is 6.87. The molecule has 27 heavy (non-hydrogen) atoms. The Morgan fingerprint density at radius 3 is 2.85 bits per heavy atom. The van der Waals surface area contributed by atoms with Crippen molar-refractivity contribution in [2.75, 3.05) is 31.3 Å². The number of aryl methyl sites for hydroxylation is 1. The average molecular weight is 388 g/mol. The first-order chi connectivity index (χ1) is 13.2. The lowest BCUT2D eigenvalue weighted by Crippen LogP contribution is -3.25. The van der Waals surface area contributed by atoms with Crippen LogP contribution in [0, 0.1) is 12.8 Å². The molecule has 0 radical (unpaired) electrons. The van der Waals surface area contributed by atoms with Crippen molar-refractivity contribution in [3.05, 3.63) is 40.4 Å². The number of ether oxygens (including phenoxy) is 1. The van der Waals surface area contributed by atoms with Crippen molar-refractivity contribution in [1.29, 1.82) is 0 Å². The van der Waals surface area contributed by atoms with Crippen molar-refractivity contribution in [2.45, 2.75) is 50.7 Å². The maximum absolute atomic E-state index is 6.49. The zero-order valence-electron chi connectivity index (χ0n) is 16.0. The van der Waals surface area contributed by atoms with Gasteiger partial charge < -0.3 is 9.64 Å².